The van der Waals surface area contributed by atoms with Crippen LogP contribution in [0.3, 0.4) is 0 Å². The van der Waals surface area contributed by atoms with Gasteiger partial charge in [0.25, 0.3) is 10.0 Å². The summed E-state index contributed by atoms with van der Waals surface area (Å²) in [5.41, 5.74) is 1.97. The van der Waals surface area contributed by atoms with Crippen LogP contribution in [0.1, 0.15) is 5.56 Å². The second-order valence-corrected chi connectivity index (χ2v) is 5.59. The Bertz CT molecular complexity index is 535. The zero-order chi connectivity index (χ0) is 13.1. The van der Waals surface area contributed by atoms with Crippen LogP contribution in [0.25, 0.3) is 0 Å². The van der Waals surface area contributed by atoms with Crippen LogP contribution in [0.2, 0.25) is 0 Å². The molecule has 0 saturated heterocycles. The van der Waals surface area contributed by atoms with Crippen molar-refractivity contribution in [1.82, 2.24) is 4.31 Å². The summed E-state index contributed by atoms with van der Waals surface area (Å²) < 4.78 is 25.2. The van der Waals surface area contributed by atoms with E-state index in [9.17, 15) is 8.42 Å². The van der Waals surface area contributed by atoms with Gasteiger partial charge < -0.3 is 0 Å². The standard InChI is InChI=1S/C11H13ClN2O2S/c1-9-4-6-11(7-5-9)17(15,16)14(3)10(2)13-8-12/h4-8H,2H2,1,3H3/b13-8+. The van der Waals surface area contributed by atoms with Crippen LogP contribution in [0.5, 0.6) is 0 Å². The Balaban J connectivity index is 3.11. The number of hydrogen-bond donors (Lipinski definition) is 0. The molecule has 0 N–H and O–H groups in total. The van der Waals surface area contributed by atoms with Gasteiger partial charge in [0.15, 0.2) is 0 Å². The van der Waals surface area contributed by atoms with Crippen LogP contribution in [-0.2, 0) is 10.0 Å². The number of hydrogen-bond acceptors (Lipinski definition) is 3. The van der Waals surface area contributed by atoms with Crippen molar-refractivity contribution < 1.29 is 8.42 Å². The lowest BCUT2D eigenvalue weighted by Crippen LogP contribution is -2.25. The average molecular weight is 273 g/mol. The zero-order valence-electron chi connectivity index (χ0n) is 9.59. The van der Waals surface area contributed by atoms with Crippen LogP contribution in [-0.4, -0.2) is 25.4 Å². The number of aliphatic imine (C=N–C) groups is 1. The highest BCUT2D eigenvalue weighted by molar-refractivity contribution is 7.89. The number of nitrogens with zero attached hydrogens (tertiary/aromatic N) is 2. The first-order chi connectivity index (χ1) is 7.89. The number of benzene rings is 1. The van der Waals surface area contributed by atoms with Crippen LogP contribution >= 0.6 is 11.6 Å². The van der Waals surface area contributed by atoms with Gasteiger partial charge in [0.1, 0.15) is 5.82 Å². The Labute approximate surface area is 106 Å². The lowest BCUT2D eigenvalue weighted by atomic mass is 10.2. The van der Waals surface area contributed by atoms with E-state index in [1.165, 1.54) is 7.05 Å². The van der Waals surface area contributed by atoms with Crippen molar-refractivity contribution in [2.75, 3.05) is 7.05 Å². The summed E-state index contributed by atoms with van der Waals surface area (Å²) in [7, 11) is -2.24. The highest BCUT2D eigenvalue weighted by Gasteiger charge is 2.21. The molecule has 92 valence electrons. The minimum absolute atomic E-state index is 0.0561. The summed E-state index contributed by atoms with van der Waals surface area (Å²) in [5.74, 6) is 0.0561. The number of halogens is 1. The maximum Gasteiger partial charge on any atom is 0.265 e. The quantitative estimate of drug-likeness (QED) is 0.790. The molecule has 17 heavy (non-hydrogen) atoms. The molecular formula is C11H13ClN2O2S. The third-order valence-corrected chi connectivity index (χ3v) is 4.14. The van der Waals surface area contributed by atoms with Gasteiger partial charge in [0.2, 0.25) is 0 Å². The van der Waals surface area contributed by atoms with E-state index in [1.807, 2.05) is 6.92 Å². The first kappa shape index (κ1) is 13.7. The van der Waals surface area contributed by atoms with Crippen molar-refractivity contribution >= 4 is 27.3 Å². The molecule has 0 atom stereocenters. The van der Waals surface area contributed by atoms with Crippen molar-refractivity contribution in [3.63, 3.8) is 0 Å². The van der Waals surface area contributed by atoms with E-state index in [0.29, 0.717) is 0 Å². The molecule has 1 rings (SSSR count). The predicted octanol–water partition coefficient (Wildman–Crippen LogP) is 2.35. The molecule has 0 heterocycles. The average Bonchev–Trinajstić information content (AvgIpc) is 2.29. The summed E-state index contributed by atoms with van der Waals surface area (Å²) in [4.78, 5) is 3.82. The molecule has 4 nitrogen and oxygen atoms in total. The summed E-state index contributed by atoms with van der Waals surface area (Å²) in [6.45, 7) is 5.40. The Kier molecular flexibility index (Phi) is 4.31. The molecule has 0 bridgehead atoms. The van der Waals surface area contributed by atoms with E-state index >= 15 is 0 Å². The van der Waals surface area contributed by atoms with Gasteiger partial charge in [0, 0.05) is 7.05 Å². The topological polar surface area (TPSA) is 49.7 Å². The normalized spacial score (nSPS) is 11.7. The van der Waals surface area contributed by atoms with Crippen molar-refractivity contribution in [2.45, 2.75) is 11.8 Å². The number of aryl methyl sites for hydroxylation is 1. The van der Waals surface area contributed by atoms with Gasteiger partial charge in [0.05, 0.1) is 10.6 Å². The summed E-state index contributed by atoms with van der Waals surface area (Å²) in [6.07, 6.45) is 0. The van der Waals surface area contributed by atoms with Gasteiger partial charge >= 0.3 is 0 Å². The highest BCUT2D eigenvalue weighted by Crippen LogP contribution is 2.18. The molecule has 0 aliphatic rings. The maximum absolute atomic E-state index is 12.1. The van der Waals surface area contributed by atoms with Gasteiger partial charge in [-0.25, -0.2) is 13.4 Å². The molecule has 0 aliphatic heterocycles. The smallest absolute Gasteiger partial charge is 0.253 e. The Morgan fingerprint density at radius 3 is 2.41 bits per heavy atom. The Hall–Kier alpha value is -1.33. The van der Waals surface area contributed by atoms with E-state index in [0.717, 1.165) is 15.5 Å². The lowest BCUT2D eigenvalue weighted by Gasteiger charge is -2.18. The molecule has 0 fully saturated rings. The van der Waals surface area contributed by atoms with Crippen LogP contribution in [0, 0.1) is 6.92 Å². The summed E-state index contributed by atoms with van der Waals surface area (Å²) in [5, 5.41) is 0. The molecule has 0 spiro atoms. The zero-order valence-corrected chi connectivity index (χ0v) is 11.2. The van der Waals surface area contributed by atoms with E-state index < -0.39 is 10.0 Å². The molecule has 6 heteroatoms. The highest BCUT2D eigenvalue weighted by atomic mass is 35.5. The molecular weight excluding hydrogens is 260 g/mol. The van der Waals surface area contributed by atoms with E-state index in [2.05, 4.69) is 11.6 Å². The van der Waals surface area contributed by atoms with E-state index in [4.69, 9.17) is 11.6 Å². The second-order valence-electron chi connectivity index (χ2n) is 3.43. The third kappa shape index (κ3) is 3.08. The third-order valence-electron chi connectivity index (χ3n) is 2.24. The molecule has 0 radical (unpaired) electrons. The van der Waals surface area contributed by atoms with Gasteiger partial charge in [-0.3, -0.25) is 4.31 Å². The van der Waals surface area contributed by atoms with Crippen molar-refractivity contribution in [3.05, 3.63) is 42.2 Å². The largest absolute Gasteiger partial charge is 0.265 e. The monoisotopic (exact) mass is 272 g/mol. The summed E-state index contributed by atoms with van der Waals surface area (Å²) in [6, 6.07) is 6.54. The van der Waals surface area contributed by atoms with Crippen molar-refractivity contribution in [3.8, 4) is 0 Å². The fourth-order valence-electron chi connectivity index (χ4n) is 1.14. The maximum atomic E-state index is 12.1. The Morgan fingerprint density at radius 2 is 1.94 bits per heavy atom. The van der Waals surface area contributed by atoms with E-state index in [-0.39, 0.29) is 10.7 Å². The fraction of sp³-hybridized carbons (Fsp3) is 0.182. The summed E-state index contributed by atoms with van der Waals surface area (Å²) >= 11 is 5.28. The minimum atomic E-state index is -3.62. The van der Waals surface area contributed by atoms with Gasteiger partial charge in [-0.15, -0.1) is 0 Å². The Morgan fingerprint density at radius 1 is 1.41 bits per heavy atom. The van der Waals surface area contributed by atoms with Gasteiger partial charge in [-0.1, -0.05) is 35.9 Å². The molecule has 0 aliphatic carbocycles. The van der Waals surface area contributed by atoms with Crippen LogP contribution < -0.4 is 0 Å². The number of sulfonamides is 1. The minimum Gasteiger partial charge on any atom is -0.253 e. The molecule has 0 saturated carbocycles. The SMILES string of the molecule is C=C(/N=C/Cl)N(C)S(=O)(=O)c1ccc(C)cc1. The van der Waals surface area contributed by atoms with Gasteiger partial charge in [-0.2, -0.15) is 0 Å². The molecule has 0 amide bonds. The van der Waals surface area contributed by atoms with Gasteiger partial charge in [-0.05, 0) is 19.1 Å². The first-order valence-electron chi connectivity index (χ1n) is 4.77. The molecule has 1 aromatic rings. The van der Waals surface area contributed by atoms with Crippen molar-refractivity contribution in [2.24, 2.45) is 4.99 Å². The second kappa shape index (κ2) is 5.33. The van der Waals surface area contributed by atoms with Crippen molar-refractivity contribution in [1.29, 1.82) is 0 Å². The number of rotatable bonds is 4. The van der Waals surface area contributed by atoms with Crippen LogP contribution in [0.15, 0.2) is 46.6 Å². The molecule has 1 aromatic carbocycles. The van der Waals surface area contributed by atoms with E-state index in [1.54, 1.807) is 24.3 Å². The molecule has 0 unspecified atom stereocenters. The first-order valence-corrected chi connectivity index (χ1v) is 6.64. The van der Waals surface area contributed by atoms with Crippen LogP contribution in [0.4, 0.5) is 0 Å². The predicted molar refractivity (Wildman–Crippen MR) is 69.6 cm³/mol. The molecule has 0 aromatic heterocycles. The lowest BCUT2D eigenvalue weighted by molar-refractivity contribution is 0.522. The fourth-order valence-corrected chi connectivity index (χ4v) is 2.38.